The maximum absolute atomic E-state index is 12.9. The molecule has 0 rings (SSSR count). The van der Waals surface area contributed by atoms with Crippen LogP contribution in [-0.4, -0.2) is 240 Å². The minimum absolute atomic E-state index is 0.0210. The molecule has 2 amide bonds. The minimum Gasteiger partial charge on any atom is -0.356 e. The van der Waals surface area contributed by atoms with Crippen LogP contribution in [0.4, 0.5) is 0 Å². The van der Waals surface area contributed by atoms with E-state index in [4.69, 9.17) is 0 Å². The smallest absolute Gasteiger partial charge is 0.221 e. The fraction of sp³-hybridized carbons (Fsp3) is 0.905. The average Bonchev–Trinajstić information content (AvgIpc) is 3.06. The molecular formula is C42H92N10O4+4. The Kier molecular flexibility index (Phi) is 28.1. The Hall–Kier alpha value is -2.04. The normalized spacial score (nSPS) is 12.8. The summed E-state index contributed by atoms with van der Waals surface area (Å²) in [4.78, 5) is 55.8. The summed E-state index contributed by atoms with van der Waals surface area (Å²) in [7, 11) is 26.0. The van der Waals surface area contributed by atoms with Gasteiger partial charge >= 0.3 is 0 Å². The molecule has 0 radical (unpaired) electrons. The summed E-state index contributed by atoms with van der Waals surface area (Å²) in [6.07, 6.45) is 7.68. The molecule has 0 spiro atoms. The number of hydrogen-bond donors (Lipinski definition) is 4. The van der Waals surface area contributed by atoms with Crippen LogP contribution >= 0.6 is 0 Å². The zero-order valence-electron chi connectivity index (χ0n) is 38.7. The lowest BCUT2D eigenvalue weighted by molar-refractivity contribution is -0.870. The molecule has 0 bridgehead atoms. The molecule has 0 aromatic carbocycles. The van der Waals surface area contributed by atoms with Crippen molar-refractivity contribution >= 4 is 23.4 Å². The quantitative estimate of drug-likeness (QED) is 0.0540. The van der Waals surface area contributed by atoms with Gasteiger partial charge in [0.05, 0.1) is 124 Å². The van der Waals surface area contributed by atoms with Gasteiger partial charge in [-0.3, -0.25) is 19.2 Å². The van der Waals surface area contributed by atoms with Crippen LogP contribution < -0.4 is 21.3 Å². The first-order valence-corrected chi connectivity index (χ1v) is 21.6. The van der Waals surface area contributed by atoms with Gasteiger partial charge in [0.25, 0.3) is 0 Å². The van der Waals surface area contributed by atoms with Crippen LogP contribution in [0.5, 0.6) is 0 Å². The van der Waals surface area contributed by atoms with E-state index in [0.717, 1.165) is 95.7 Å². The van der Waals surface area contributed by atoms with E-state index in [1.165, 1.54) is 0 Å². The standard InChI is InChI=1S/C42H90N10O4/c1-49(2,3)33-15-13-23-43-37-39(53)19-27-47(29-21-41(55)45-25-17-35-51(7,8)9)31-32-48(30-22-42(56)46-26-18-36-52(10,11)12)28-20-40(54)38-44-24-14-16-34-50(4,5)6/h43-44H,13-38H2,1-12H3/q+2/p+2. The zero-order chi connectivity index (χ0) is 42.7. The zero-order valence-corrected chi connectivity index (χ0v) is 38.7. The van der Waals surface area contributed by atoms with Gasteiger partial charge in [-0.15, -0.1) is 0 Å². The monoisotopic (exact) mass is 801 g/mol. The van der Waals surface area contributed by atoms with Crippen molar-refractivity contribution in [1.82, 2.24) is 31.1 Å². The summed E-state index contributed by atoms with van der Waals surface area (Å²) in [6, 6.07) is 0. The molecular weight excluding hydrogens is 709 g/mol. The second-order valence-electron chi connectivity index (χ2n) is 20.0. The van der Waals surface area contributed by atoms with Crippen molar-refractivity contribution in [2.24, 2.45) is 0 Å². The molecule has 0 aliphatic carbocycles. The lowest BCUT2D eigenvalue weighted by atomic mass is 10.2. The molecule has 0 heterocycles. The lowest BCUT2D eigenvalue weighted by Gasteiger charge is -2.28. The number of carbonyl (C=O) groups excluding carboxylic acids is 4. The number of nitrogens with one attached hydrogen (secondary N) is 4. The van der Waals surface area contributed by atoms with Crippen molar-refractivity contribution in [2.75, 3.05) is 189 Å². The predicted molar refractivity (Wildman–Crippen MR) is 232 cm³/mol. The Labute approximate surface area is 344 Å². The fourth-order valence-electron chi connectivity index (χ4n) is 6.08. The Morgan fingerprint density at radius 3 is 1.00 bits per heavy atom. The average molecular weight is 801 g/mol. The summed E-state index contributed by atoms with van der Waals surface area (Å²) in [5, 5.41) is 12.8. The summed E-state index contributed by atoms with van der Waals surface area (Å²) in [5.41, 5.74) is 0. The first kappa shape index (κ1) is 54.0. The number of unbranched alkanes of at least 4 members (excludes halogenated alkanes) is 2. The van der Waals surface area contributed by atoms with Gasteiger partial charge in [-0.25, -0.2) is 0 Å². The molecule has 14 nitrogen and oxygen atoms in total. The third kappa shape index (κ3) is 38.8. The number of ketones is 2. The van der Waals surface area contributed by atoms with E-state index in [2.05, 4.69) is 116 Å². The minimum atomic E-state index is 0.0210. The van der Waals surface area contributed by atoms with Crippen molar-refractivity contribution in [3.05, 3.63) is 0 Å². The maximum Gasteiger partial charge on any atom is 0.221 e. The van der Waals surface area contributed by atoms with Gasteiger partial charge in [0, 0.05) is 90.9 Å². The first-order chi connectivity index (χ1) is 25.9. The molecule has 0 fully saturated rings. The number of amides is 2. The van der Waals surface area contributed by atoms with E-state index in [1.807, 2.05) is 0 Å². The molecule has 0 aromatic heterocycles. The summed E-state index contributed by atoms with van der Waals surface area (Å²) < 4.78 is 3.60. The van der Waals surface area contributed by atoms with Gasteiger partial charge in [-0.1, -0.05) is 0 Å². The number of hydrogen-bond acceptors (Lipinski definition) is 8. The molecule has 14 heteroatoms. The van der Waals surface area contributed by atoms with Gasteiger partial charge in [-0.2, -0.15) is 0 Å². The van der Waals surface area contributed by atoms with E-state index in [9.17, 15) is 19.2 Å². The van der Waals surface area contributed by atoms with Crippen LogP contribution in [0.25, 0.3) is 0 Å². The molecule has 0 aromatic rings. The van der Waals surface area contributed by atoms with Gasteiger partial charge < -0.3 is 49.0 Å². The predicted octanol–water partition coefficient (Wildman–Crippen LogP) is 0.866. The summed E-state index contributed by atoms with van der Waals surface area (Å²) in [6.45, 7) is 11.3. The van der Waals surface area contributed by atoms with Crippen LogP contribution in [0.1, 0.15) is 64.2 Å². The highest BCUT2D eigenvalue weighted by molar-refractivity contribution is 5.81. The summed E-state index contributed by atoms with van der Waals surface area (Å²) in [5.74, 6) is 0.377. The van der Waals surface area contributed by atoms with Crippen molar-refractivity contribution in [3.63, 3.8) is 0 Å². The topological polar surface area (TPSA) is 123 Å². The van der Waals surface area contributed by atoms with Crippen LogP contribution in [0.2, 0.25) is 0 Å². The summed E-state index contributed by atoms with van der Waals surface area (Å²) >= 11 is 0. The van der Waals surface area contributed by atoms with E-state index in [0.29, 0.717) is 91.1 Å². The largest absolute Gasteiger partial charge is 0.356 e. The fourth-order valence-corrected chi connectivity index (χ4v) is 6.08. The van der Waals surface area contributed by atoms with Crippen LogP contribution in [-0.2, 0) is 19.2 Å². The van der Waals surface area contributed by atoms with Gasteiger partial charge in [0.1, 0.15) is 11.6 Å². The molecule has 0 unspecified atom stereocenters. The highest BCUT2D eigenvalue weighted by Gasteiger charge is 2.17. The number of nitrogens with zero attached hydrogens (tertiary/aromatic N) is 6. The van der Waals surface area contributed by atoms with E-state index < -0.39 is 0 Å². The molecule has 0 atom stereocenters. The van der Waals surface area contributed by atoms with Crippen molar-refractivity contribution in [2.45, 2.75) is 64.2 Å². The Morgan fingerprint density at radius 1 is 0.375 bits per heavy atom. The van der Waals surface area contributed by atoms with E-state index in [-0.39, 0.29) is 23.4 Å². The van der Waals surface area contributed by atoms with Crippen molar-refractivity contribution < 1.29 is 37.1 Å². The third-order valence-corrected chi connectivity index (χ3v) is 9.62. The molecule has 4 N–H and O–H groups in total. The third-order valence-electron chi connectivity index (χ3n) is 9.62. The number of rotatable bonds is 37. The first-order valence-electron chi connectivity index (χ1n) is 21.6. The van der Waals surface area contributed by atoms with Gasteiger partial charge in [0.2, 0.25) is 11.8 Å². The molecule has 330 valence electrons. The number of Topliss-reactive ketones (excluding diaryl/α,β-unsaturated/α-hetero) is 2. The highest BCUT2D eigenvalue weighted by atomic mass is 16.2. The SMILES string of the molecule is C[N+](C)(C)CCCCNCC(=O)CCN(CCC(=O)NCCC[N+](C)(C)C)CCN(CCC(=O)CNCCCC[N+](C)(C)C)CCC(=O)NCCC[N+](C)(C)C. The maximum atomic E-state index is 12.9. The lowest BCUT2D eigenvalue weighted by Crippen LogP contribution is -2.41. The van der Waals surface area contributed by atoms with Crippen molar-refractivity contribution in [3.8, 4) is 0 Å². The van der Waals surface area contributed by atoms with Crippen molar-refractivity contribution in [1.29, 1.82) is 0 Å². The van der Waals surface area contributed by atoms with Crippen LogP contribution in [0, 0.1) is 0 Å². The Balaban J connectivity index is 5.34. The number of carbonyl (C=O) groups is 4. The molecule has 0 aliphatic rings. The van der Waals surface area contributed by atoms with Crippen LogP contribution in [0.3, 0.4) is 0 Å². The van der Waals surface area contributed by atoms with E-state index >= 15 is 0 Å². The van der Waals surface area contributed by atoms with Gasteiger partial charge in [-0.05, 0) is 38.8 Å². The molecule has 0 saturated heterocycles. The molecule has 56 heavy (non-hydrogen) atoms. The number of quaternary nitrogens is 4. The Bertz CT molecular complexity index is 993. The highest BCUT2D eigenvalue weighted by Crippen LogP contribution is 2.03. The van der Waals surface area contributed by atoms with E-state index in [1.54, 1.807) is 0 Å². The molecule has 0 aliphatic heterocycles. The molecule has 0 saturated carbocycles. The van der Waals surface area contributed by atoms with Crippen LogP contribution in [0.15, 0.2) is 0 Å². The second-order valence-corrected chi connectivity index (χ2v) is 20.0. The Morgan fingerprint density at radius 2 is 0.679 bits per heavy atom. The second kappa shape index (κ2) is 29.2. The van der Waals surface area contributed by atoms with Gasteiger partial charge in [0.15, 0.2) is 0 Å².